The lowest BCUT2D eigenvalue weighted by atomic mass is 10.2. The molecule has 0 aromatic heterocycles. The van der Waals surface area contributed by atoms with Crippen molar-refractivity contribution in [2.45, 2.75) is 0 Å². The summed E-state index contributed by atoms with van der Waals surface area (Å²) in [5.41, 5.74) is 0.325. The van der Waals surface area contributed by atoms with Gasteiger partial charge < -0.3 is 9.84 Å². The number of rotatable bonds is 4. The number of nitrogens with one attached hydrogen (secondary N) is 1. The zero-order valence-electron chi connectivity index (χ0n) is 8.77. The Bertz CT molecular complexity index is 459. The molecule has 90 valence electrons. The number of ether oxygens (including phenoxy) is 1. The van der Waals surface area contributed by atoms with E-state index < -0.39 is 12.1 Å². The van der Waals surface area contributed by atoms with Crippen LogP contribution < -0.4 is 5.32 Å². The maximum atomic E-state index is 11.2. The molecule has 1 aromatic rings. The van der Waals surface area contributed by atoms with Crippen molar-refractivity contribution in [3.8, 4) is 0 Å². The van der Waals surface area contributed by atoms with Crippen LogP contribution in [0.2, 0.25) is 5.02 Å². The van der Waals surface area contributed by atoms with Crippen LogP contribution in [0.15, 0.2) is 30.9 Å². The molecule has 0 spiro atoms. The maximum absolute atomic E-state index is 11.2. The second-order valence-electron chi connectivity index (χ2n) is 3.01. The fourth-order valence-electron chi connectivity index (χ4n) is 1.05. The molecule has 0 aliphatic heterocycles. The molecule has 0 bridgehead atoms. The largest absolute Gasteiger partial charge is 0.478 e. The third-order valence-electron chi connectivity index (χ3n) is 1.78. The van der Waals surface area contributed by atoms with Crippen molar-refractivity contribution < 1.29 is 19.4 Å². The van der Waals surface area contributed by atoms with Gasteiger partial charge in [-0.05, 0) is 18.2 Å². The number of carboxylic acid groups (broad SMARTS) is 1. The summed E-state index contributed by atoms with van der Waals surface area (Å²) in [5.74, 6) is -1.13. The van der Waals surface area contributed by atoms with Crippen LogP contribution in [-0.2, 0) is 4.74 Å². The van der Waals surface area contributed by atoms with E-state index in [4.69, 9.17) is 16.7 Å². The molecule has 0 saturated heterocycles. The van der Waals surface area contributed by atoms with Gasteiger partial charge in [0.15, 0.2) is 0 Å². The minimum absolute atomic E-state index is 0.0309. The van der Waals surface area contributed by atoms with Gasteiger partial charge in [0.2, 0.25) is 0 Å². The van der Waals surface area contributed by atoms with Gasteiger partial charge in [0, 0.05) is 5.69 Å². The first kappa shape index (κ1) is 13.1. The summed E-state index contributed by atoms with van der Waals surface area (Å²) in [5, 5.41) is 11.2. The summed E-state index contributed by atoms with van der Waals surface area (Å²) in [4.78, 5) is 21.8. The quantitative estimate of drug-likeness (QED) is 0.811. The van der Waals surface area contributed by atoms with Crippen LogP contribution in [0.25, 0.3) is 0 Å². The zero-order valence-corrected chi connectivity index (χ0v) is 9.53. The van der Waals surface area contributed by atoms with E-state index in [0.29, 0.717) is 5.69 Å². The topological polar surface area (TPSA) is 75.6 Å². The van der Waals surface area contributed by atoms with Crippen LogP contribution in [0, 0.1) is 0 Å². The van der Waals surface area contributed by atoms with Crippen LogP contribution in [-0.4, -0.2) is 23.8 Å². The van der Waals surface area contributed by atoms with E-state index in [-0.39, 0.29) is 17.2 Å². The first-order valence-corrected chi connectivity index (χ1v) is 5.00. The number of hydrogen-bond acceptors (Lipinski definition) is 3. The Hall–Kier alpha value is -2.01. The minimum atomic E-state index is -1.13. The number of carbonyl (C=O) groups excluding carboxylic acids is 1. The van der Waals surface area contributed by atoms with E-state index in [9.17, 15) is 9.59 Å². The highest BCUT2D eigenvalue weighted by molar-refractivity contribution is 6.33. The first-order valence-electron chi connectivity index (χ1n) is 4.62. The van der Waals surface area contributed by atoms with E-state index in [1.54, 1.807) is 0 Å². The number of aromatic carboxylic acids is 1. The van der Waals surface area contributed by atoms with Crippen molar-refractivity contribution in [1.82, 2.24) is 0 Å². The molecule has 0 atom stereocenters. The van der Waals surface area contributed by atoms with Crippen molar-refractivity contribution in [2.24, 2.45) is 0 Å². The molecule has 0 radical (unpaired) electrons. The highest BCUT2D eigenvalue weighted by atomic mass is 35.5. The Morgan fingerprint density at radius 1 is 1.53 bits per heavy atom. The second kappa shape index (κ2) is 5.91. The minimum Gasteiger partial charge on any atom is -0.478 e. The van der Waals surface area contributed by atoms with E-state index >= 15 is 0 Å². The predicted octanol–water partition coefficient (Wildman–Crippen LogP) is 2.77. The SMILES string of the molecule is C=CCOC(=O)Nc1ccc(C(=O)O)c(Cl)c1. The maximum Gasteiger partial charge on any atom is 0.411 e. The standard InChI is InChI=1S/C11H10ClNO4/c1-2-5-17-11(16)13-7-3-4-8(10(14)15)9(12)6-7/h2-4,6H,1,5H2,(H,13,16)(H,14,15). The summed E-state index contributed by atoms with van der Waals surface area (Å²) in [7, 11) is 0. The van der Waals surface area contributed by atoms with E-state index in [1.807, 2.05) is 0 Å². The lowest BCUT2D eigenvalue weighted by molar-refractivity contribution is 0.0697. The van der Waals surface area contributed by atoms with Crippen molar-refractivity contribution >= 4 is 29.4 Å². The Balaban J connectivity index is 2.74. The third kappa shape index (κ3) is 3.81. The number of carboxylic acids is 1. The van der Waals surface area contributed by atoms with Crippen molar-refractivity contribution in [3.05, 3.63) is 41.4 Å². The predicted molar refractivity (Wildman–Crippen MR) is 63.6 cm³/mol. The van der Waals surface area contributed by atoms with E-state index in [2.05, 4.69) is 16.6 Å². The lowest BCUT2D eigenvalue weighted by Gasteiger charge is -2.06. The van der Waals surface area contributed by atoms with Crippen molar-refractivity contribution in [1.29, 1.82) is 0 Å². The summed E-state index contributed by atoms with van der Waals surface area (Å²) >= 11 is 5.72. The number of benzene rings is 1. The molecule has 1 amide bonds. The molecule has 1 rings (SSSR count). The Labute approximate surface area is 103 Å². The highest BCUT2D eigenvalue weighted by Gasteiger charge is 2.10. The van der Waals surface area contributed by atoms with Gasteiger partial charge in [0.25, 0.3) is 0 Å². The molecule has 0 saturated carbocycles. The van der Waals surface area contributed by atoms with Crippen LogP contribution in [0.4, 0.5) is 10.5 Å². The number of anilines is 1. The first-order chi connectivity index (χ1) is 8.04. The molecule has 17 heavy (non-hydrogen) atoms. The monoisotopic (exact) mass is 255 g/mol. The summed E-state index contributed by atoms with van der Waals surface area (Å²) in [6, 6.07) is 4.05. The molecule has 6 heteroatoms. The number of amides is 1. The molecule has 0 fully saturated rings. The van der Waals surface area contributed by atoms with Gasteiger partial charge >= 0.3 is 12.1 Å². The zero-order chi connectivity index (χ0) is 12.8. The van der Waals surface area contributed by atoms with Crippen LogP contribution >= 0.6 is 11.6 Å². The fraction of sp³-hybridized carbons (Fsp3) is 0.0909. The number of carbonyl (C=O) groups is 2. The van der Waals surface area contributed by atoms with Gasteiger partial charge in [-0.3, -0.25) is 5.32 Å². The molecule has 2 N–H and O–H groups in total. The Morgan fingerprint density at radius 3 is 2.76 bits per heavy atom. The van der Waals surface area contributed by atoms with Gasteiger partial charge in [0.05, 0.1) is 10.6 Å². The molecule has 1 aromatic carbocycles. The summed E-state index contributed by atoms with van der Waals surface area (Å²) in [6.45, 7) is 3.48. The highest BCUT2D eigenvalue weighted by Crippen LogP contribution is 2.21. The van der Waals surface area contributed by atoms with Crippen LogP contribution in [0.5, 0.6) is 0 Å². The van der Waals surface area contributed by atoms with Gasteiger partial charge in [-0.25, -0.2) is 9.59 Å². The van der Waals surface area contributed by atoms with Crippen LogP contribution in [0.1, 0.15) is 10.4 Å². The second-order valence-corrected chi connectivity index (χ2v) is 3.42. The molecule has 0 aliphatic rings. The number of halogens is 1. The molecule has 0 unspecified atom stereocenters. The van der Waals surface area contributed by atoms with Gasteiger partial charge in [-0.1, -0.05) is 24.3 Å². The molecular formula is C11H10ClNO4. The van der Waals surface area contributed by atoms with Crippen molar-refractivity contribution in [2.75, 3.05) is 11.9 Å². The lowest BCUT2D eigenvalue weighted by Crippen LogP contribution is -2.13. The Kier molecular flexibility index (Phi) is 4.54. The average Bonchev–Trinajstić information content (AvgIpc) is 2.26. The van der Waals surface area contributed by atoms with Gasteiger partial charge in [0.1, 0.15) is 6.61 Å². The Morgan fingerprint density at radius 2 is 2.24 bits per heavy atom. The smallest absolute Gasteiger partial charge is 0.411 e. The average molecular weight is 256 g/mol. The van der Waals surface area contributed by atoms with Gasteiger partial charge in [-0.2, -0.15) is 0 Å². The fourth-order valence-corrected chi connectivity index (χ4v) is 1.32. The normalized spacial score (nSPS) is 9.47. The van der Waals surface area contributed by atoms with Crippen molar-refractivity contribution in [3.63, 3.8) is 0 Å². The number of hydrogen-bond donors (Lipinski definition) is 2. The van der Waals surface area contributed by atoms with Gasteiger partial charge in [-0.15, -0.1) is 0 Å². The van der Waals surface area contributed by atoms with E-state index in [1.165, 1.54) is 24.3 Å². The molecule has 5 nitrogen and oxygen atoms in total. The molecule has 0 heterocycles. The van der Waals surface area contributed by atoms with E-state index in [0.717, 1.165) is 0 Å². The summed E-state index contributed by atoms with van der Waals surface area (Å²) in [6.07, 6.45) is 0.768. The molecule has 0 aliphatic carbocycles. The van der Waals surface area contributed by atoms with Crippen LogP contribution in [0.3, 0.4) is 0 Å². The third-order valence-corrected chi connectivity index (χ3v) is 2.09. The molecular weight excluding hydrogens is 246 g/mol. The summed E-state index contributed by atoms with van der Waals surface area (Å²) < 4.78 is 4.69.